The molecule has 0 bridgehead atoms. The van der Waals surface area contributed by atoms with Crippen molar-refractivity contribution in [1.29, 1.82) is 0 Å². The number of amides is 1. The van der Waals surface area contributed by atoms with Gasteiger partial charge in [0.15, 0.2) is 0 Å². The van der Waals surface area contributed by atoms with Gasteiger partial charge in [0.1, 0.15) is 6.20 Å². The second-order valence-corrected chi connectivity index (χ2v) is 5.53. The summed E-state index contributed by atoms with van der Waals surface area (Å²) >= 11 is 0. The molecule has 10 heteroatoms. The maximum atomic E-state index is 11.9. The predicted molar refractivity (Wildman–Crippen MR) is 90.4 cm³/mol. The third-order valence-electron chi connectivity index (χ3n) is 3.50. The minimum absolute atomic E-state index is 0.151. The highest BCUT2D eigenvalue weighted by Crippen LogP contribution is 2.29. The number of nitro groups is 1. The van der Waals surface area contributed by atoms with E-state index in [2.05, 4.69) is 30.9 Å². The molecule has 25 heavy (non-hydrogen) atoms. The van der Waals surface area contributed by atoms with E-state index in [9.17, 15) is 14.9 Å². The Kier molecular flexibility index (Phi) is 4.97. The Bertz CT molecular complexity index is 765. The van der Waals surface area contributed by atoms with Gasteiger partial charge >= 0.3 is 5.69 Å². The van der Waals surface area contributed by atoms with Crippen LogP contribution in [0.5, 0.6) is 0 Å². The fourth-order valence-corrected chi connectivity index (χ4v) is 2.07. The topological polar surface area (TPSA) is 135 Å². The highest BCUT2D eigenvalue weighted by Gasteiger charge is 2.26. The maximum absolute atomic E-state index is 11.9. The number of carbonyl (C=O) groups is 1. The second-order valence-electron chi connectivity index (χ2n) is 5.53. The van der Waals surface area contributed by atoms with Crippen molar-refractivity contribution < 1.29 is 9.72 Å². The number of nitrogens with one attached hydrogen (secondary N) is 3. The first-order valence-electron chi connectivity index (χ1n) is 7.83. The van der Waals surface area contributed by atoms with Crippen LogP contribution in [0.25, 0.3) is 0 Å². The van der Waals surface area contributed by atoms with E-state index >= 15 is 0 Å². The van der Waals surface area contributed by atoms with Crippen LogP contribution in [0.4, 0.5) is 17.5 Å². The Morgan fingerprint density at radius 3 is 2.84 bits per heavy atom. The molecule has 1 amide bonds. The van der Waals surface area contributed by atoms with Gasteiger partial charge in [0.05, 0.1) is 10.5 Å². The van der Waals surface area contributed by atoms with Crippen molar-refractivity contribution in [1.82, 2.24) is 20.3 Å². The zero-order valence-electron chi connectivity index (χ0n) is 13.3. The molecule has 0 aliphatic heterocycles. The summed E-state index contributed by atoms with van der Waals surface area (Å²) in [4.78, 5) is 34.3. The molecule has 3 rings (SSSR count). The molecule has 0 atom stereocenters. The summed E-state index contributed by atoms with van der Waals surface area (Å²) in [7, 11) is 0. The van der Waals surface area contributed by atoms with E-state index in [1.807, 2.05) is 0 Å². The minimum Gasteiger partial charge on any atom is -0.361 e. The maximum Gasteiger partial charge on any atom is 0.329 e. The van der Waals surface area contributed by atoms with Crippen LogP contribution >= 0.6 is 0 Å². The number of anilines is 2. The van der Waals surface area contributed by atoms with Crippen LogP contribution < -0.4 is 16.0 Å². The van der Waals surface area contributed by atoms with E-state index in [1.54, 1.807) is 18.3 Å². The van der Waals surface area contributed by atoms with Crippen molar-refractivity contribution >= 4 is 23.4 Å². The lowest BCUT2D eigenvalue weighted by Gasteiger charge is -2.09. The first kappa shape index (κ1) is 16.6. The summed E-state index contributed by atoms with van der Waals surface area (Å²) in [5.74, 6) is 0.254. The lowest BCUT2D eigenvalue weighted by Crippen LogP contribution is -2.29. The zero-order chi connectivity index (χ0) is 17.6. The zero-order valence-corrected chi connectivity index (χ0v) is 13.3. The normalized spacial score (nSPS) is 13.1. The molecule has 10 nitrogen and oxygen atoms in total. The molecule has 3 N–H and O–H groups in total. The molecule has 2 aromatic rings. The van der Waals surface area contributed by atoms with Gasteiger partial charge in [0, 0.05) is 31.5 Å². The number of nitrogens with zero attached hydrogens (tertiary/aromatic N) is 4. The molecular weight excluding hydrogens is 326 g/mol. The van der Waals surface area contributed by atoms with E-state index in [0.717, 1.165) is 12.8 Å². The second kappa shape index (κ2) is 7.51. The van der Waals surface area contributed by atoms with E-state index < -0.39 is 4.92 Å². The standard InChI is InChI=1S/C15H17N7O3/c23-14(10-2-1-5-16-8-10)17-6-7-18-15-19-9-12(22(24)25)13(21-15)20-11-3-4-11/h1-2,5,8-9,11H,3-4,6-7H2,(H,17,23)(H2,18,19,20,21). The van der Waals surface area contributed by atoms with Gasteiger partial charge in [-0.3, -0.25) is 19.9 Å². The molecular formula is C15H17N7O3. The third kappa shape index (κ3) is 4.59. The average molecular weight is 343 g/mol. The molecule has 0 spiro atoms. The van der Waals surface area contributed by atoms with Gasteiger partial charge in [-0.1, -0.05) is 0 Å². The van der Waals surface area contributed by atoms with Crippen molar-refractivity contribution in [3.63, 3.8) is 0 Å². The molecule has 0 aromatic carbocycles. The Morgan fingerprint density at radius 2 is 2.16 bits per heavy atom. The first-order valence-corrected chi connectivity index (χ1v) is 7.83. The van der Waals surface area contributed by atoms with Gasteiger partial charge in [-0.05, 0) is 25.0 Å². The number of hydrogen-bond acceptors (Lipinski definition) is 8. The van der Waals surface area contributed by atoms with Crippen LogP contribution in [0, 0.1) is 10.1 Å². The molecule has 130 valence electrons. The summed E-state index contributed by atoms with van der Waals surface area (Å²) in [5.41, 5.74) is 0.326. The van der Waals surface area contributed by atoms with Crippen molar-refractivity contribution in [2.45, 2.75) is 18.9 Å². The van der Waals surface area contributed by atoms with E-state index in [0.29, 0.717) is 18.7 Å². The Labute approximate surface area is 143 Å². The quantitative estimate of drug-likeness (QED) is 0.369. The largest absolute Gasteiger partial charge is 0.361 e. The number of hydrogen-bond donors (Lipinski definition) is 3. The van der Waals surface area contributed by atoms with Crippen LogP contribution in [-0.2, 0) is 0 Å². The van der Waals surface area contributed by atoms with Crippen molar-refractivity contribution in [2.75, 3.05) is 23.7 Å². The fourth-order valence-electron chi connectivity index (χ4n) is 2.07. The van der Waals surface area contributed by atoms with E-state index in [4.69, 9.17) is 0 Å². The van der Waals surface area contributed by atoms with E-state index in [-0.39, 0.29) is 29.4 Å². The molecule has 2 heterocycles. The first-order chi connectivity index (χ1) is 12.1. The average Bonchev–Trinajstić information content (AvgIpc) is 3.43. The summed E-state index contributed by atoms with van der Waals surface area (Å²) in [6.07, 6.45) is 6.21. The van der Waals surface area contributed by atoms with Gasteiger partial charge in [-0.25, -0.2) is 4.98 Å². The molecule has 0 radical (unpaired) electrons. The van der Waals surface area contributed by atoms with Gasteiger partial charge in [0.25, 0.3) is 5.91 Å². The monoisotopic (exact) mass is 343 g/mol. The molecule has 1 fully saturated rings. The van der Waals surface area contributed by atoms with Crippen molar-refractivity contribution in [3.05, 3.63) is 46.4 Å². The van der Waals surface area contributed by atoms with Crippen LogP contribution in [0.3, 0.4) is 0 Å². The summed E-state index contributed by atoms with van der Waals surface area (Å²) in [5, 5.41) is 19.7. The van der Waals surface area contributed by atoms with Crippen molar-refractivity contribution in [2.24, 2.45) is 0 Å². The molecule has 1 saturated carbocycles. The number of rotatable bonds is 8. The number of pyridine rings is 1. The van der Waals surface area contributed by atoms with Gasteiger partial charge in [0.2, 0.25) is 11.8 Å². The summed E-state index contributed by atoms with van der Waals surface area (Å²) in [6, 6.07) is 3.59. The van der Waals surface area contributed by atoms with Crippen LogP contribution in [0.15, 0.2) is 30.7 Å². The minimum atomic E-state index is -0.511. The SMILES string of the molecule is O=C(NCCNc1ncc([N+](=O)[O-])c(NC2CC2)n1)c1cccnc1. The lowest BCUT2D eigenvalue weighted by molar-refractivity contribution is -0.384. The Morgan fingerprint density at radius 1 is 1.32 bits per heavy atom. The fraction of sp³-hybridized carbons (Fsp3) is 0.333. The predicted octanol–water partition coefficient (Wildman–Crippen LogP) is 1.20. The van der Waals surface area contributed by atoms with Gasteiger partial charge < -0.3 is 16.0 Å². The highest BCUT2D eigenvalue weighted by atomic mass is 16.6. The smallest absolute Gasteiger partial charge is 0.329 e. The van der Waals surface area contributed by atoms with Gasteiger partial charge in [-0.2, -0.15) is 4.98 Å². The molecule has 0 saturated heterocycles. The van der Waals surface area contributed by atoms with Crippen LogP contribution in [-0.4, -0.2) is 44.9 Å². The van der Waals surface area contributed by atoms with Crippen LogP contribution in [0.2, 0.25) is 0 Å². The number of carbonyl (C=O) groups excluding carboxylic acids is 1. The molecule has 1 aliphatic rings. The highest BCUT2D eigenvalue weighted by molar-refractivity contribution is 5.93. The number of aromatic nitrogens is 3. The summed E-state index contributed by atoms with van der Waals surface area (Å²) in [6.45, 7) is 0.728. The third-order valence-corrected chi connectivity index (χ3v) is 3.50. The molecule has 0 unspecified atom stereocenters. The van der Waals surface area contributed by atoms with Crippen molar-refractivity contribution in [3.8, 4) is 0 Å². The van der Waals surface area contributed by atoms with E-state index in [1.165, 1.54) is 12.4 Å². The molecule has 1 aliphatic carbocycles. The Balaban J connectivity index is 1.52. The summed E-state index contributed by atoms with van der Waals surface area (Å²) < 4.78 is 0. The van der Waals surface area contributed by atoms with Gasteiger partial charge in [-0.15, -0.1) is 0 Å². The molecule has 2 aromatic heterocycles. The van der Waals surface area contributed by atoms with Crippen LogP contribution in [0.1, 0.15) is 23.2 Å². The lowest BCUT2D eigenvalue weighted by atomic mass is 10.3. The Hall–Kier alpha value is -3.30.